The lowest BCUT2D eigenvalue weighted by molar-refractivity contribution is 0.0949. The highest BCUT2D eigenvalue weighted by molar-refractivity contribution is 7.09. The minimum Gasteiger partial charge on any atom is -0.350 e. The first-order valence-corrected chi connectivity index (χ1v) is 8.98. The third-order valence-corrected chi connectivity index (χ3v) is 5.04. The molecule has 0 spiro atoms. The van der Waals surface area contributed by atoms with Gasteiger partial charge in [0.15, 0.2) is 5.69 Å². The van der Waals surface area contributed by atoms with Gasteiger partial charge in [0.05, 0.1) is 22.9 Å². The number of hydrogen-bond acceptors (Lipinski definition) is 6. The van der Waals surface area contributed by atoms with Crippen LogP contribution < -0.4 is 10.6 Å². The van der Waals surface area contributed by atoms with Crippen LogP contribution >= 0.6 is 11.3 Å². The molecular formula is C15H22N6OS. The zero-order valence-corrected chi connectivity index (χ0v) is 14.1. The molecule has 0 radical (unpaired) electrons. The molecule has 1 aliphatic heterocycles. The van der Waals surface area contributed by atoms with Gasteiger partial charge >= 0.3 is 0 Å². The average Bonchev–Trinajstić information content (AvgIpc) is 3.25. The summed E-state index contributed by atoms with van der Waals surface area (Å²) in [6, 6.07) is 0.341. The summed E-state index contributed by atoms with van der Waals surface area (Å²) in [5.74, 6) is -0.170. The molecule has 7 nitrogen and oxygen atoms in total. The maximum Gasteiger partial charge on any atom is 0.273 e. The van der Waals surface area contributed by atoms with E-state index in [2.05, 4.69) is 38.2 Å². The lowest BCUT2D eigenvalue weighted by atomic mass is 10.1. The van der Waals surface area contributed by atoms with Gasteiger partial charge in [-0.15, -0.1) is 16.4 Å². The van der Waals surface area contributed by atoms with Crippen LogP contribution in [0.3, 0.4) is 0 Å². The van der Waals surface area contributed by atoms with Crippen molar-refractivity contribution >= 4 is 17.2 Å². The predicted molar refractivity (Wildman–Crippen MR) is 88.7 cm³/mol. The molecule has 3 rings (SSSR count). The van der Waals surface area contributed by atoms with Gasteiger partial charge in [0.25, 0.3) is 5.91 Å². The molecule has 1 fully saturated rings. The Bertz CT molecular complexity index is 646. The number of aromatic nitrogens is 4. The number of piperidine rings is 1. The summed E-state index contributed by atoms with van der Waals surface area (Å²) in [4.78, 5) is 16.6. The highest BCUT2D eigenvalue weighted by Crippen LogP contribution is 2.17. The Labute approximate surface area is 139 Å². The molecular weight excluding hydrogens is 312 g/mol. The minimum atomic E-state index is -0.170. The summed E-state index contributed by atoms with van der Waals surface area (Å²) in [5, 5.41) is 17.5. The molecule has 8 heteroatoms. The number of amides is 1. The third-order valence-electron chi connectivity index (χ3n) is 3.99. The summed E-state index contributed by atoms with van der Waals surface area (Å²) in [5.41, 5.74) is 1.42. The fourth-order valence-electron chi connectivity index (χ4n) is 2.65. The molecule has 0 bridgehead atoms. The number of nitrogens with zero attached hydrogens (tertiary/aromatic N) is 4. The van der Waals surface area contributed by atoms with E-state index in [0.717, 1.165) is 49.5 Å². The zero-order chi connectivity index (χ0) is 16.1. The third kappa shape index (κ3) is 4.14. The zero-order valence-electron chi connectivity index (χ0n) is 13.3. The molecule has 1 aliphatic rings. The SMILES string of the molecule is CCc1nc(CCNC(=O)c2cn(C3CCNCC3)nn2)cs1. The molecule has 1 amide bonds. The first-order valence-electron chi connectivity index (χ1n) is 8.10. The lowest BCUT2D eigenvalue weighted by Crippen LogP contribution is -2.29. The van der Waals surface area contributed by atoms with Gasteiger partial charge in [0, 0.05) is 18.3 Å². The highest BCUT2D eigenvalue weighted by atomic mass is 32.1. The van der Waals surface area contributed by atoms with Gasteiger partial charge in [-0.25, -0.2) is 9.67 Å². The van der Waals surface area contributed by atoms with Gasteiger partial charge in [0.2, 0.25) is 0 Å². The first-order chi connectivity index (χ1) is 11.3. The van der Waals surface area contributed by atoms with Crippen molar-refractivity contribution in [2.24, 2.45) is 0 Å². The van der Waals surface area contributed by atoms with Crippen molar-refractivity contribution in [2.45, 2.75) is 38.6 Å². The van der Waals surface area contributed by atoms with Crippen LogP contribution in [0.5, 0.6) is 0 Å². The number of carbonyl (C=O) groups excluding carboxylic acids is 1. The Balaban J connectivity index is 1.49. The van der Waals surface area contributed by atoms with Crippen molar-refractivity contribution < 1.29 is 4.79 Å². The monoisotopic (exact) mass is 334 g/mol. The van der Waals surface area contributed by atoms with E-state index in [1.54, 1.807) is 17.5 Å². The molecule has 2 aromatic heterocycles. The van der Waals surface area contributed by atoms with Gasteiger partial charge in [-0.1, -0.05) is 12.1 Å². The number of nitrogens with one attached hydrogen (secondary N) is 2. The number of rotatable bonds is 6. The topological polar surface area (TPSA) is 84.7 Å². The van der Waals surface area contributed by atoms with Crippen molar-refractivity contribution in [2.75, 3.05) is 19.6 Å². The lowest BCUT2D eigenvalue weighted by Gasteiger charge is -2.22. The number of hydrogen-bond donors (Lipinski definition) is 2. The molecule has 2 N–H and O–H groups in total. The normalized spacial score (nSPS) is 15.7. The van der Waals surface area contributed by atoms with Gasteiger partial charge < -0.3 is 10.6 Å². The second-order valence-electron chi connectivity index (χ2n) is 5.66. The summed E-state index contributed by atoms with van der Waals surface area (Å²) in [7, 11) is 0. The van der Waals surface area contributed by atoms with Gasteiger partial charge in [0.1, 0.15) is 0 Å². The quantitative estimate of drug-likeness (QED) is 0.829. The van der Waals surface area contributed by atoms with Gasteiger partial charge in [-0.05, 0) is 32.4 Å². The van der Waals surface area contributed by atoms with Crippen molar-refractivity contribution in [1.82, 2.24) is 30.6 Å². The van der Waals surface area contributed by atoms with E-state index in [1.165, 1.54) is 0 Å². The summed E-state index contributed by atoms with van der Waals surface area (Å²) < 4.78 is 1.82. The van der Waals surface area contributed by atoms with Crippen LogP contribution in [0, 0.1) is 0 Å². The largest absolute Gasteiger partial charge is 0.350 e. The average molecular weight is 334 g/mol. The van der Waals surface area contributed by atoms with E-state index in [1.807, 2.05) is 4.68 Å². The smallest absolute Gasteiger partial charge is 0.273 e. The number of carbonyl (C=O) groups is 1. The molecule has 2 aromatic rings. The second kappa shape index (κ2) is 7.65. The fraction of sp³-hybridized carbons (Fsp3) is 0.600. The second-order valence-corrected chi connectivity index (χ2v) is 6.60. The molecule has 0 aromatic carbocycles. The van der Waals surface area contributed by atoms with Crippen molar-refractivity contribution in [1.29, 1.82) is 0 Å². The molecule has 0 atom stereocenters. The van der Waals surface area contributed by atoms with E-state index in [0.29, 0.717) is 18.3 Å². The van der Waals surface area contributed by atoms with Gasteiger partial charge in [-0.2, -0.15) is 0 Å². The molecule has 0 unspecified atom stereocenters. The van der Waals surface area contributed by atoms with Gasteiger partial charge in [-0.3, -0.25) is 4.79 Å². The van der Waals surface area contributed by atoms with E-state index in [9.17, 15) is 4.79 Å². The van der Waals surface area contributed by atoms with Crippen LogP contribution in [0.15, 0.2) is 11.6 Å². The molecule has 124 valence electrons. The Morgan fingerprint density at radius 1 is 1.48 bits per heavy atom. The summed E-state index contributed by atoms with van der Waals surface area (Å²) >= 11 is 1.67. The van der Waals surface area contributed by atoms with Crippen LogP contribution in [-0.2, 0) is 12.8 Å². The van der Waals surface area contributed by atoms with Crippen LogP contribution in [0.1, 0.15) is 47.0 Å². The Morgan fingerprint density at radius 2 is 2.30 bits per heavy atom. The van der Waals surface area contributed by atoms with E-state index in [4.69, 9.17) is 0 Å². The molecule has 0 saturated carbocycles. The standard InChI is InChI=1S/C15H22N6OS/c1-2-14-18-11(10-23-14)3-8-17-15(22)13-9-21(20-19-13)12-4-6-16-7-5-12/h9-10,12,16H,2-8H2,1H3,(H,17,22). The Kier molecular flexibility index (Phi) is 5.35. The van der Waals surface area contributed by atoms with Crippen molar-refractivity contribution in [3.63, 3.8) is 0 Å². The minimum absolute atomic E-state index is 0.170. The van der Waals surface area contributed by atoms with Crippen LogP contribution in [0.25, 0.3) is 0 Å². The number of aryl methyl sites for hydroxylation is 1. The van der Waals surface area contributed by atoms with Crippen LogP contribution in [-0.4, -0.2) is 45.5 Å². The highest BCUT2D eigenvalue weighted by Gasteiger charge is 2.18. The van der Waals surface area contributed by atoms with Crippen molar-refractivity contribution in [3.05, 3.63) is 28.0 Å². The summed E-state index contributed by atoms with van der Waals surface area (Å²) in [6.45, 7) is 4.63. The van der Waals surface area contributed by atoms with E-state index < -0.39 is 0 Å². The maximum atomic E-state index is 12.1. The van der Waals surface area contributed by atoms with E-state index >= 15 is 0 Å². The molecule has 3 heterocycles. The maximum absolute atomic E-state index is 12.1. The first kappa shape index (κ1) is 16.1. The van der Waals surface area contributed by atoms with Crippen LogP contribution in [0.4, 0.5) is 0 Å². The molecule has 23 heavy (non-hydrogen) atoms. The summed E-state index contributed by atoms with van der Waals surface area (Å²) in [6.07, 6.45) is 5.49. The molecule has 0 aliphatic carbocycles. The Hall–Kier alpha value is -1.80. The van der Waals surface area contributed by atoms with Crippen molar-refractivity contribution in [3.8, 4) is 0 Å². The molecule has 1 saturated heterocycles. The van der Waals surface area contributed by atoms with Crippen LogP contribution in [0.2, 0.25) is 0 Å². The fourth-order valence-corrected chi connectivity index (χ4v) is 3.43. The Morgan fingerprint density at radius 3 is 3.04 bits per heavy atom. The number of thiazole rings is 1. The van der Waals surface area contributed by atoms with E-state index in [-0.39, 0.29) is 5.91 Å². The predicted octanol–water partition coefficient (Wildman–Crippen LogP) is 1.19.